The van der Waals surface area contributed by atoms with Crippen molar-refractivity contribution < 1.29 is 9.78 Å². The van der Waals surface area contributed by atoms with Gasteiger partial charge in [0.1, 0.15) is 5.60 Å². The van der Waals surface area contributed by atoms with E-state index in [0.29, 0.717) is 0 Å². The molecule has 2 aliphatic heterocycles. The molecule has 2 rings (SSSR count). The Bertz CT molecular complexity index is 107. The van der Waals surface area contributed by atoms with Gasteiger partial charge in [-0.1, -0.05) is 0 Å². The second-order valence-electron chi connectivity index (χ2n) is 3.44. The van der Waals surface area contributed by atoms with Gasteiger partial charge in [0, 0.05) is 0 Å². The standard InChI is InChI=1S/C8H15NO2/c1-2-8(11-10-7-1)3-5-9-6-4-8/h9H,1-7H2. The predicted octanol–water partition coefficient (Wildman–Crippen LogP) is 0.851. The monoisotopic (exact) mass is 157 g/mol. The topological polar surface area (TPSA) is 30.5 Å². The lowest BCUT2D eigenvalue weighted by Gasteiger charge is -2.38. The molecule has 1 N–H and O–H groups in total. The summed E-state index contributed by atoms with van der Waals surface area (Å²) in [5, 5.41) is 3.32. The van der Waals surface area contributed by atoms with E-state index in [0.717, 1.165) is 39.0 Å². The molecule has 2 saturated heterocycles. The molecule has 11 heavy (non-hydrogen) atoms. The summed E-state index contributed by atoms with van der Waals surface area (Å²) in [6, 6.07) is 0. The summed E-state index contributed by atoms with van der Waals surface area (Å²) in [6.45, 7) is 2.92. The van der Waals surface area contributed by atoms with Crippen LogP contribution in [0.25, 0.3) is 0 Å². The van der Waals surface area contributed by atoms with Crippen molar-refractivity contribution in [3.8, 4) is 0 Å². The molecule has 0 radical (unpaired) electrons. The largest absolute Gasteiger partial charge is 0.317 e. The van der Waals surface area contributed by atoms with Crippen LogP contribution in [-0.4, -0.2) is 25.3 Å². The number of hydrogen-bond acceptors (Lipinski definition) is 3. The quantitative estimate of drug-likeness (QED) is 0.529. The fourth-order valence-corrected chi connectivity index (χ4v) is 1.88. The molecule has 2 fully saturated rings. The molecular formula is C8H15NO2. The summed E-state index contributed by atoms with van der Waals surface area (Å²) < 4.78 is 0. The zero-order chi connectivity index (χ0) is 7.57. The normalized spacial score (nSPS) is 30.5. The highest BCUT2D eigenvalue weighted by atomic mass is 17.2. The minimum absolute atomic E-state index is 0.0729. The van der Waals surface area contributed by atoms with Crippen molar-refractivity contribution in [1.29, 1.82) is 0 Å². The maximum absolute atomic E-state index is 5.37. The van der Waals surface area contributed by atoms with Crippen LogP contribution < -0.4 is 5.32 Å². The highest BCUT2D eigenvalue weighted by Crippen LogP contribution is 2.31. The Balaban J connectivity index is 1.94. The first-order valence-corrected chi connectivity index (χ1v) is 4.43. The van der Waals surface area contributed by atoms with Crippen LogP contribution in [0.3, 0.4) is 0 Å². The minimum atomic E-state index is 0.0729. The van der Waals surface area contributed by atoms with Crippen molar-refractivity contribution in [3.05, 3.63) is 0 Å². The Morgan fingerprint density at radius 3 is 2.55 bits per heavy atom. The lowest BCUT2D eigenvalue weighted by molar-refractivity contribution is -0.387. The summed E-state index contributed by atoms with van der Waals surface area (Å²) in [6.07, 6.45) is 4.54. The van der Waals surface area contributed by atoms with Crippen LogP contribution in [0.15, 0.2) is 0 Å². The molecule has 0 aliphatic carbocycles. The summed E-state index contributed by atoms with van der Waals surface area (Å²) in [5.74, 6) is 0. The molecule has 1 spiro atoms. The van der Waals surface area contributed by atoms with Gasteiger partial charge in [-0.05, 0) is 38.8 Å². The van der Waals surface area contributed by atoms with Gasteiger partial charge in [0.25, 0.3) is 0 Å². The molecule has 2 heterocycles. The molecule has 3 heteroatoms. The lowest BCUT2D eigenvalue weighted by Crippen LogP contribution is -2.46. The summed E-state index contributed by atoms with van der Waals surface area (Å²) in [4.78, 5) is 10.4. The van der Waals surface area contributed by atoms with Gasteiger partial charge in [-0.2, -0.15) is 0 Å². The zero-order valence-corrected chi connectivity index (χ0v) is 6.77. The first kappa shape index (κ1) is 7.53. The number of hydrogen-bond donors (Lipinski definition) is 1. The molecule has 2 aliphatic rings. The van der Waals surface area contributed by atoms with E-state index >= 15 is 0 Å². The second-order valence-corrected chi connectivity index (χ2v) is 3.44. The third-order valence-corrected chi connectivity index (χ3v) is 2.61. The fourth-order valence-electron chi connectivity index (χ4n) is 1.88. The average molecular weight is 157 g/mol. The third kappa shape index (κ3) is 1.55. The molecular weight excluding hydrogens is 142 g/mol. The van der Waals surface area contributed by atoms with Gasteiger partial charge in [0.15, 0.2) is 0 Å². The van der Waals surface area contributed by atoms with Gasteiger partial charge in [0.2, 0.25) is 0 Å². The van der Waals surface area contributed by atoms with Crippen LogP contribution in [0.1, 0.15) is 25.7 Å². The van der Waals surface area contributed by atoms with Crippen LogP contribution in [-0.2, 0) is 9.78 Å². The van der Waals surface area contributed by atoms with Crippen molar-refractivity contribution in [2.75, 3.05) is 19.7 Å². The van der Waals surface area contributed by atoms with Crippen LogP contribution >= 0.6 is 0 Å². The Morgan fingerprint density at radius 2 is 1.91 bits per heavy atom. The molecule has 3 nitrogen and oxygen atoms in total. The molecule has 0 atom stereocenters. The van der Waals surface area contributed by atoms with Gasteiger partial charge >= 0.3 is 0 Å². The highest BCUT2D eigenvalue weighted by Gasteiger charge is 2.36. The first-order valence-electron chi connectivity index (χ1n) is 4.43. The summed E-state index contributed by atoms with van der Waals surface area (Å²) >= 11 is 0. The molecule has 0 aromatic carbocycles. The third-order valence-electron chi connectivity index (χ3n) is 2.61. The SMILES string of the molecule is C1COOC2(C1)CCNCC2. The Hall–Kier alpha value is -0.120. The van der Waals surface area contributed by atoms with Crippen molar-refractivity contribution in [1.82, 2.24) is 5.32 Å². The second kappa shape index (κ2) is 3.09. The van der Waals surface area contributed by atoms with Crippen molar-refractivity contribution in [2.45, 2.75) is 31.3 Å². The van der Waals surface area contributed by atoms with Gasteiger partial charge in [0.05, 0.1) is 6.61 Å². The summed E-state index contributed by atoms with van der Waals surface area (Å²) in [5.41, 5.74) is 0.0729. The van der Waals surface area contributed by atoms with Crippen molar-refractivity contribution >= 4 is 0 Å². The van der Waals surface area contributed by atoms with Gasteiger partial charge in [-0.15, -0.1) is 0 Å². The number of piperidine rings is 1. The lowest BCUT2D eigenvalue weighted by atomic mass is 9.87. The maximum atomic E-state index is 5.37. The molecule has 0 amide bonds. The minimum Gasteiger partial charge on any atom is -0.317 e. The van der Waals surface area contributed by atoms with Gasteiger partial charge in [-0.25, -0.2) is 9.78 Å². The first-order chi connectivity index (χ1) is 5.41. The molecule has 0 saturated carbocycles. The van der Waals surface area contributed by atoms with E-state index in [1.807, 2.05) is 0 Å². The maximum Gasteiger partial charge on any atom is 0.106 e. The fraction of sp³-hybridized carbons (Fsp3) is 1.00. The van der Waals surface area contributed by atoms with Crippen LogP contribution in [0.2, 0.25) is 0 Å². The molecule has 0 aromatic rings. The van der Waals surface area contributed by atoms with E-state index in [-0.39, 0.29) is 5.60 Å². The van der Waals surface area contributed by atoms with Gasteiger partial charge < -0.3 is 5.32 Å². The predicted molar refractivity (Wildman–Crippen MR) is 41.1 cm³/mol. The smallest absolute Gasteiger partial charge is 0.106 e. The van der Waals surface area contributed by atoms with Gasteiger partial charge in [-0.3, -0.25) is 0 Å². The van der Waals surface area contributed by atoms with E-state index in [2.05, 4.69) is 5.32 Å². The van der Waals surface area contributed by atoms with E-state index in [1.165, 1.54) is 6.42 Å². The van der Waals surface area contributed by atoms with E-state index in [9.17, 15) is 0 Å². The molecule has 0 bridgehead atoms. The molecule has 0 aromatic heterocycles. The Labute approximate surface area is 67.0 Å². The summed E-state index contributed by atoms with van der Waals surface area (Å²) in [7, 11) is 0. The highest BCUT2D eigenvalue weighted by molar-refractivity contribution is 4.86. The van der Waals surface area contributed by atoms with Crippen LogP contribution in [0, 0.1) is 0 Å². The number of nitrogens with one attached hydrogen (secondary N) is 1. The van der Waals surface area contributed by atoms with Crippen molar-refractivity contribution in [3.63, 3.8) is 0 Å². The Morgan fingerprint density at radius 1 is 1.09 bits per heavy atom. The van der Waals surface area contributed by atoms with Crippen LogP contribution in [0.5, 0.6) is 0 Å². The van der Waals surface area contributed by atoms with Crippen molar-refractivity contribution in [2.24, 2.45) is 0 Å². The Kier molecular flexibility index (Phi) is 2.11. The number of rotatable bonds is 0. The van der Waals surface area contributed by atoms with E-state index in [1.54, 1.807) is 0 Å². The zero-order valence-electron chi connectivity index (χ0n) is 6.77. The molecule has 64 valence electrons. The van der Waals surface area contributed by atoms with E-state index in [4.69, 9.17) is 9.78 Å². The van der Waals surface area contributed by atoms with E-state index < -0.39 is 0 Å². The molecule has 0 unspecified atom stereocenters. The van der Waals surface area contributed by atoms with Crippen LogP contribution in [0.4, 0.5) is 0 Å². The average Bonchev–Trinajstić information content (AvgIpc) is 2.07.